The molecule has 66 valence electrons. The Hall–Kier alpha value is -0.260. The Morgan fingerprint density at radius 2 is 2.50 bits per heavy atom. The maximum absolute atomic E-state index is 5.53. The molecule has 1 aromatic rings. The van der Waals surface area contributed by atoms with Crippen LogP contribution in [0.4, 0.5) is 0 Å². The summed E-state index contributed by atoms with van der Waals surface area (Å²) in [7, 11) is 0. The van der Waals surface area contributed by atoms with Crippen LogP contribution >= 0.6 is 22.6 Å². The lowest BCUT2D eigenvalue weighted by Gasteiger charge is -2.14. The Kier molecular flexibility index (Phi) is 2.25. The van der Waals surface area contributed by atoms with Crippen molar-refractivity contribution in [1.82, 2.24) is 9.78 Å². The molecule has 0 unspecified atom stereocenters. The van der Waals surface area contributed by atoms with E-state index in [9.17, 15) is 0 Å². The fourth-order valence-electron chi connectivity index (χ4n) is 1.37. The van der Waals surface area contributed by atoms with Gasteiger partial charge in [0.1, 0.15) is 0 Å². The summed E-state index contributed by atoms with van der Waals surface area (Å²) in [6.45, 7) is 3.96. The summed E-state index contributed by atoms with van der Waals surface area (Å²) in [5.74, 6) is 0.971. The maximum Gasteiger partial charge on any atom is 0.225 e. The van der Waals surface area contributed by atoms with Crippen LogP contribution in [0.5, 0.6) is 5.88 Å². The zero-order chi connectivity index (χ0) is 8.55. The minimum atomic E-state index is 0.838. The van der Waals surface area contributed by atoms with Crippen LogP contribution in [-0.4, -0.2) is 16.4 Å². The van der Waals surface area contributed by atoms with Crippen LogP contribution < -0.4 is 4.74 Å². The number of hydrogen-bond acceptors (Lipinski definition) is 2. The summed E-state index contributed by atoms with van der Waals surface area (Å²) in [6.07, 6.45) is 2.07. The van der Waals surface area contributed by atoms with Crippen LogP contribution in [0.3, 0.4) is 0 Å². The van der Waals surface area contributed by atoms with E-state index in [1.807, 2.05) is 4.68 Å². The van der Waals surface area contributed by atoms with Crippen LogP contribution in [0, 0.1) is 3.57 Å². The molecular formula is C8H11IN2O. The highest BCUT2D eigenvalue weighted by molar-refractivity contribution is 14.1. The van der Waals surface area contributed by atoms with E-state index in [-0.39, 0.29) is 0 Å². The molecule has 0 spiro atoms. The van der Waals surface area contributed by atoms with E-state index in [1.165, 1.54) is 3.57 Å². The number of ether oxygens (including phenoxy) is 1. The van der Waals surface area contributed by atoms with Gasteiger partial charge in [-0.05, 0) is 29.0 Å². The second-order valence-corrected chi connectivity index (χ2v) is 3.92. The molecule has 1 aromatic heterocycles. The molecule has 0 N–H and O–H groups in total. The molecule has 0 amide bonds. The average Bonchev–Trinajstić information content (AvgIpc) is 2.44. The van der Waals surface area contributed by atoms with Gasteiger partial charge in [-0.25, -0.2) is 4.68 Å². The lowest BCUT2D eigenvalue weighted by atomic mass is 10.3. The smallest absolute Gasteiger partial charge is 0.225 e. The first-order chi connectivity index (χ1) is 5.83. The van der Waals surface area contributed by atoms with Crippen molar-refractivity contribution in [2.45, 2.75) is 26.3 Å². The zero-order valence-corrected chi connectivity index (χ0v) is 9.17. The van der Waals surface area contributed by atoms with Crippen LogP contribution in [-0.2, 0) is 13.0 Å². The minimum absolute atomic E-state index is 0.838. The molecule has 0 saturated carbocycles. The Morgan fingerprint density at radius 3 is 3.17 bits per heavy atom. The molecule has 0 aromatic carbocycles. The summed E-state index contributed by atoms with van der Waals surface area (Å²) in [5, 5.41) is 4.45. The molecule has 0 bridgehead atoms. The zero-order valence-electron chi connectivity index (χ0n) is 7.01. The first-order valence-corrected chi connectivity index (χ1v) is 5.28. The molecule has 0 aliphatic carbocycles. The number of aromatic nitrogens is 2. The van der Waals surface area contributed by atoms with Crippen LogP contribution in [0.2, 0.25) is 0 Å². The first-order valence-electron chi connectivity index (χ1n) is 4.21. The van der Waals surface area contributed by atoms with E-state index in [4.69, 9.17) is 4.74 Å². The molecule has 12 heavy (non-hydrogen) atoms. The topological polar surface area (TPSA) is 27.1 Å². The number of nitrogens with zero attached hydrogens (tertiary/aromatic N) is 2. The standard InChI is InChI=1S/C8H11IN2O/c1-2-6-7(9)8-11(10-6)4-3-5-12-8/h2-5H2,1H3. The lowest BCUT2D eigenvalue weighted by molar-refractivity contribution is 0.229. The largest absolute Gasteiger partial charge is 0.477 e. The Bertz CT molecular complexity index is 295. The number of rotatable bonds is 1. The van der Waals surface area contributed by atoms with Gasteiger partial charge in [0, 0.05) is 13.0 Å². The van der Waals surface area contributed by atoms with Gasteiger partial charge in [0.2, 0.25) is 5.88 Å². The van der Waals surface area contributed by atoms with Crippen LogP contribution in [0.1, 0.15) is 19.0 Å². The third-order valence-corrected chi connectivity index (χ3v) is 3.09. The van der Waals surface area contributed by atoms with Gasteiger partial charge in [-0.2, -0.15) is 5.10 Å². The predicted molar refractivity (Wildman–Crippen MR) is 54.4 cm³/mol. The van der Waals surface area contributed by atoms with E-state index < -0.39 is 0 Å². The lowest BCUT2D eigenvalue weighted by Crippen LogP contribution is -2.14. The molecule has 0 radical (unpaired) electrons. The van der Waals surface area contributed by atoms with Gasteiger partial charge in [0.15, 0.2) is 0 Å². The van der Waals surface area contributed by atoms with Gasteiger partial charge in [0.25, 0.3) is 0 Å². The van der Waals surface area contributed by atoms with Crippen molar-refractivity contribution in [3.8, 4) is 5.88 Å². The second-order valence-electron chi connectivity index (χ2n) is 2.84. The van der Waals surface area contributed by atoms with Crippen molar-refractivity contribution < 1.29 is 4.74 Å². The summed E-state index contributed by atoms with van der Waals surface area (Å²) >= 11 is 2.31. The Labute approximate surface area is 85.2 Å². The van der Waals surface area contributed by atoms with E-state index >= 15 is 0 Å². The number of hydrogen-bond donors (Lipinski definition) is 0. The molecule has 3 nitrogen and oxygen atoms in total. The van der Waals surface area contributed by atoms with Gasteiger partial charge in [-0.15, -0.1) is 0 Å². The van der Waals surface area contributed by atoms with Crippen molar-refractivity contribution in [3.63, 3.8) is 0 Å². The van der Waals surface area contributed by atoms with E-state index in [2.05, 4.69) is 34.6 Å². The molecular weight excluding hydrogens is 267 g/mol. The minimum Gasteiger partial charge on any atom is -0.477 e. The first kappa shape index (κ1) is 8.34. The summed E-state index contributed by atoms with van der Waals surface area (Å²) < 4.78 is 8.70. The van der Waals surface area contributed by atoms with Crippen molar-refractivity contribution in [1.29, 1.82) is 0 Å². The van der Waals surface area contributed by atoms with E-state index in [0.29, 0.717) is 0 Å². The van der Waals surface area contributed by atoms with Crippen molar-refractivity contribution in [2.24, 2.45) is 0 Å². The van der Waals surface area contributed by atoms with Crippen LogP contribution in [0.15, 0.2) is 0 Å². The van der Waals surface area contributed by atoms with Gasteiger partial charge in [-0.1, -0.05) is 6.92 Å². The molecule has 0 saturated heterocycles. The average molecular weight is 278 g/mol. The fraction of sp³-hybridized carbons (Fsp3) is 0.625. The highest BCUT2D eigenvalue weighted by Crippen LogP contribution is 2.27. The van der Waals surface area contributed by atoms with Crippen molar-refractivity contribution in [3.05, 3.63) is 9.26 Å². The molecule has 0 fully saturated rings. The highest BCUT2D eigenvalue weighted by Gasteiger charge is 2.18. The Morgan fingerprint density at radius 1 is 1.67 bits per heavy atom. The third kappa shape index (κ3) is 1.22. The third-order valence-electron chi connectivity index (χ3n) is 2.00. The molecule has 4 heteroatoms. The Balaban J connectivity index is 2.44. The van der Waals surface area contributed by atoms with Gasteiger partial charge in [0.05, 0.1) is 15.9 Å². The predicted octanol–water partition coefficient (Wildman–Crippen LogP) is 1.83. The monoisotopic (exact) mass is 278 g/mol. The molecule has 0 atom stereocenters. The van der Waals surface area contributed by atoms with Crippen molar-refractivity contribution in [2.75, 3.05) is 6.61 Å². The molecule has 2 heterocycles. The van der Waals surface area contributed by atoms with Gasteiger partial charge in [-0.3, -0.25) is 0 Å². The highest BCUT2D eigenvalue weighted by atomic mass is 127. The molecule has 1 aliphatic heterocycles. The van der Waals surface area contributed by atoms with E-state index in [1.54, 1.807) is 0 Å². The summed E-state index contributed by atoms with van der Waals surface area (Å²) in [5.41, 5.74) is 1.16. The normalized spacial score (nSPS) is 15.5. The quantitative estimate of drug-likeness (QED) is 0.733. The molecule has 1 aliphatic rings. The van der Waals surface area contributed by atoms with Gasteiger partial charge >= 0.3 is 0 Å². The fourth-order valence-corrected chi connectivity index (χ4v) is 2.29. The number of aryl methyl sites for hydroxylation is 2. The van der Waals surface area contributed by atoms with Gasteiger partial charge < -0.3 is 4.74 Å². The van der Waals surface area contributed by atoms with E-state index in [0.717, 1.165) is 37.6 Å². The summed E-state index contributed by atoms with van der Waals surface area (Å²) in [4.78, 5) is 0. The molecule has 2 rings (SSSR count). The number of halogens is 1. The van der Waals surface area contributed by atoms with Crippen molar-refractivity contribution >= 4 is 22.6 Å². The maximum atomic E-state index is 5.53. The SMILES string of the molecule is CCc1nn2c(c1I)OCCC2. The number of fused-ring (bicyclic) bond motifs is 1. The summed E-state index contributed by atoms with van der Waals surface area (Å²) in [6, 6.07) is 0. The van der Waals surface area contributed by atoms with Crippen LogP contribution in [0.25, 0.3) is 0 Å². The second kappa shape index (κ2) is 3.24.